The van der Waals surface area contributed by atoms with Gasteiger partial charge in [0, 0.05) is 25.8 Å². The van der Waals surface area contributed by atoms with Crippen LogP contribution in [0.3, 0.4) is 0 Å². The summed E-state index contributed by atoms with van der Waals surface area (Å²) >= 11 is 0. The molecule has 1 heterocycles. The van der Waals surface area contributed by atoms with Gasteiger partial charge in [0.15, 0.2) is 0 Å². The molecular formula is C28H45NO3. The minimum Gasteiger partial charge on any atom is -0.396 e. The van der Waals surface area contributed by atoms with Gasteiger partial charge in [-0.3, -0.25) is 4.90 Å². The summed E-state index contributed by atoms with van der Waals surface area (Å²) in [5.74, 6) is 0.651. The van der Waals surface area contributed by atoms with Crippen LogP contribution in [-0.2, 0) is 11.3 Å². The first-order valence-corrected chi connectivity index (χ1v) is 12.7. The van der Waals surface area contributed by atoms with Crippen molar-refractivity contribution in [1.29, 1.82) is 0 Å². The van der Waals surface area contributed by atoms with Crippen molar-refractivity contribution < 1.29 is 14.9 Å². The predicted molar refractivity (Wildman–Crippen MR) is 134 cm³/mol. The SMILES string of the molecule is OCCCCCC=CC1CCN(CCOCc2ccccc2)C(C=CCCCCCO)C1. The molecule has 2 rings (SSSR count). The molecule has 0 aliphatic carbocycles. The standard InChI is InChI=1S/C28H45NO3/c30-21-12-5-1-3-8-14-26-18-19-29(20-23-32-25-27-15-9-7-10-16-27)28(24-26)17-11-4-2-6-13-22-31/h7-11,14-17,26,28,30-31H,1-6,12-13,18-25H2. The molecule has 1 aliphatic rings. The van der Waals surface area contributed by atoms with E-state index in [2.05, 4.69) is 53.5 Å². The van der Waals surface area contributed by atoms with E-state index in [1.807, 2.05) is 6.07 Å². The molecule has 2 N–H and O–H groups in total. The van der Waals surface area contributed by atoms with Crippen LogP contribution in [0.15, 0.2) is 54.6 Å². The molecule has 1 aliphatic heterocycles. The van der Waals surface area contributed by atoms with E-state index in [4.69, 9.17) is 14.9 Å². The van der Waals surface area contributed by atoms with Crippen LogP contribution >= 0.6 is 0 Å². The smallest absolute Gasteiger partial charge is 0.0717 e. The Bertz CT molecular complexity index is 616. The minimum absolute atomic E-state index is 0.303. The number of ether oxygens (including phenoxy) is 1. The Morgan fingerprint density at radius 3 is 2.25 bits per heavy atom. The zero-order valence-electron chi connectivity index (χ0n) is 19.9. The molecule has 2 unspecified atom stereocenters. The van der Waals surface area contributed by atoms with Crippen molar-refractivity contribution in [3.63, 3.8) is 0 Å². The van der Waals surface area contributed by atoms with Gasteiger partial charge in [-0.2, -0.15) is 0 Å². The zero-order chi connectivity index (χ0) is 22.7. The van der Waals surface area contributed by atoms with Gasteiger partial charge in [-0.25, -0.2) is 0 Å². The monoisotopic (exact) mass is 443 g/mol. The Kier molecular flexibility index (Phi) is 15.1. The Balaban J connectivity index is 1.78. The number of piperidine rings is 1. The number of benzene rings is 1. The van der Waals surface area contributed by atoms with E-state index < -0.39 is 0 Å². The topological polar surface area (TPSA) is 52.9 Å². The first kappa shape index (κ1) is 26.8. The summed E-state index contributed by atoms with van der Waals surface area (Å²) in [6.07, 6.45) is 20.5. The van der Waals surface area contributed by atoms with Crippen LogP contribution in [-0.4, -0.2) is 54.1 Å². The highest BCUT2D eigenvalue weighted by Gasteiger charge is 2.25. The van der Waals surface area contributed by atoms with Gasteiger partial charge >= 0.3 is 0 Å². The summed E-state index contributed by atoms with van der Waals surface area (Å²) in [6.45, 7) is 4.16. The maximum absolute atomic E-state index is 8.94. The van der Waals surface area contributed by atoms with Gasteiger partial charge in [-0.15, -0.1) is 0 Å². The van der Waals surface area contributed by atoms with Crippen molar-refractivity contribution in [2.45, 2.75) is 76.9 Å². The molecule has 0 saturated carbocycles. The van der Waals surface area contributed by atoms with Crippen LogP contribution in [0.4, 0.5) is 0 Å². The number of likely N-dealkylation sites (tertiary alicyclic amines) is 1. The normalized spacial score (nSPS) is 19.9. The molecule has 1 saturated heterocycles. The van der Waals surface area contributed by atoms with E-state index in [0.29, 0.717) is 31.8 Å². The van der Waals surface area contributed by atoms with Crippen LogP contribution in [0.5, 0.6) is 0 Å². The second-order valence-electron chi connectivity index (χ2n) is 8.93. The lowest BCUT2D eigenvalue weighted by Gasteiger charge is -2.37. The van der Waals surface area contributed by atoms with Crippen molar-refractivity contribution >= 4 is 0 Å². The first-order valence-electron chi connectivity index (χ1n) is 12.7. The third kappa shape index (κ3) is 12.0. The third-order valence-electron chi connectivity index (χ3n) is 6.26. The predicted octanol–water partition coefficient (Wildman–Crippen LogP) is 5.50. The van der Waals surface area contributed by atoms with E-state index in [-0.39, 0.29) is 0 Å². The summed E-state index contributed by atoms with van der Waals surface area (Å²) in [7, 11) is 0. The van der Waals surface area contributed by atoms with Crippen molar-refractivity contribution in [1.82, 2.24) is 4.90 Å². The molecule has 0 bridgehead atoms. The summed E-state index contributed by atoms with van der Waals surface area (Å²) in [5, 5.41) is 17.8. The molecule has 0 amide bonds. The Morgan fingerprint density at radius 2 is 1.56 bits per heavy atom. The number of hydrogen-bond acceptors (Lipinski definition) is 4. The highest BCUT2D eigenvalue weighted by atomic mass is 16.5. The highest BCUT2D eigenvalue weighted by Crippen LogP contribution is 2.25. The lowest BCUT2D eigenvalue weighted by molar-refractivity contribution is 0.0684. The summed E-state index contributed by atoms with van der Waals surface area (Å²) in [4.78, 5) is 2.58. The van der Waals surface area contributed by atoms with E-state index in [1.54, 1.807) is 0 Å². The Morgan fingerprint density at radius 1 is 0.875 bits per heavy atom. The van der Waals surface area contributed by atoms with Crippen LogP contribution in [0.1, 0.15) is 69.8 Å². The summed E-state index contributed by atoms with van der Waals surface area (Å²) in [5.41, 5.74) is 1.23. The molecule has 0 radical (unpaired) electrons. The molecular weight excluding hydrogens is 398 g/mol. The number of rotatable bonds is 17. The fraction of sp³-hybridized carbons (Fsp3) is 0.643. The van der Waals surface area contributed by atoms with Crippen molar-refractivity contribution in [3.05, 3.63) is 60.2 Å². The average molecular weight is 444 g/mol. The Hall–Kier alpha value is -1.46. The van der Waals surface area contributed by atoms with Crippen LogP contribution in [0, 0.1) is 5.92 Å². The number of hydrogen-bond donors (Lipinski definition) is 2. The van der Waals surface area contributed by atoms with E-state index >= 15 is 0 Å². The lowest BCUT2D eigenvalue weighted by atomic mass is 9.89. The van der Waals surface area contributed by atoms with Crippen molar-refractivity contribution in [3.8, 4) is 0 Å². The van der Waals surface area contributed by atoms with E-state index in [0.717, 1.165) is 64.6 Å². The third-order valence-corrected chi connectivity index (χ3v) is 6.26. The van der Waals surface area contributed by atoms with Gasteiger partial charge in [-0.05, 0) is 69.4 Å². The number of nitrogens with zero attached hydrogens (tertiary/aromatic N) is 1. The van der Waals surface area contributed by atoms with Crippen molar-refractivity contribution in [2.75, 3.05) is 32.9 Å². The van der Waals surface area contributed by atoms with Crippen LogP contribution in [0.25, 0.3) is 0 Å². The largest absolute Gasteiger partial charge is 0.396 e. The molecule has 4 heteroatoms. The molecule has 1 aromatic carbocycles. The van der Waals surface area contributed by atoms with E-state index in [9.17, 15) is 0 Å². The molecule has 180 valence electrons. The van der Waals surface area contributed by atoms with E-state index in [1.165, 1.54) is 24.8 Å². The number of aliphatic hydroxyl groups is 2. The first-order chi connectivity index (χ1) is 15.8. The van der Waals surface area contributed by atoms with Gasteiger partial charge in [0.2, 0.25) is 0 Å². The maximum atomic E-state index is 8.94. The molecule has 4 nitrogen and oxygen atoms in total. The van der Waals surface area contributed by atoms with Crippen LogP contribution in [0.2, 0.25) is 0 Å². The highest BCUT2D eigenvalue weighted by molar-refractivity contribution is 5.13. The molecule has 0 aromatic heterocycles. The number of allylic oxidation sites excluding steroid dienone is 3. The quantitative estimate of drug-likeness (QED) is 0.246. The number of unbranched alkanes of at least 4 members (excludes halogenated alkanes) is 6. The minimum atomic E-state index is 0.303. The summed E-state index contributed by atoms with van der Waals surface area (Å²) < 4.78 is 5.96. The fourth-order valence-corrected chi connectivity index (χ4v) is 4.32. The lowest BCUT2D eigenvalue weighted by Crippen LogP contribution is -2.42. The molecule has 0 spiro atoms. The van der Waals surface area contributed by atoms with Crippen LogP contribution < -0.4 is 0 Å². The zero-order valence-corrected chi connectivity index (χ0v) is 19.9. The number of aliphatic hydroxyl groups excluding tert-OH is 2. The molecule has 1 aromatic rings. The molecule has 2 atom stereocenters. The second kappa shape index (κ2) is 18.0. The van der Waals surface area contributed by atoms with Gasteiger partial charge in [0.1, 0.15) is 0 Å². The average Bonchev–Trinajstić information content (AvgIpc) is 2.83. The Labute approximate surface area is 196 Å². The second-order valence-corrected chi connectivity index (χ2v) is 8.93. The van der Waals surface area contributed by atoms with Gasteiger partial charge in [-0.1, -0.05) is 67.5 Å². The summed E-state index contributed by atoms with van der Waals surface area (Å²) in [6, 6.07) is 10.9. The molecule has 1 fully saturated rings. The van der Waals surface area contributed by atoms with Gasteiger partial charge in [0.25, 0.3) is 0 Å². The molecule has 32 heavy (non-hydrogen) atoms. The van der Waals surface area contributed by atoms with Crippen molar-refractivity contribution in [2.24, 2.45) is 5.92 Å². The van der Waals surface area contributed by atoms with Gasteiger partial charge < -0.3 is 14.9 Å². The maximum Gasteiger partial charge on any atom is 0.0717 e. The fourth-order valence-electron chi connectivity index (χ4n) is 4.32. The van der Waals surface area contributed by atoms with Gasteiger partial charge in [0.05, 0.1) is 13.2 Å².